The smallest absolute Gasteiger partial charge is 0.286 e. The highest BCUT2D eigenvalue weighted by molar-refractivity contribution is 9.10. The standard InChI is InChI=1S/C13H15BrFN3O3/c1-17-4-2-3-9(17)7-16-13(19)12-10(15)5-8(14)6-11(12)18(20)21/h5-6,9H,2-4,7H2,1H3,(H,16,19)/t9-/m1/s1. The lowest BCUT2D eigenvalue weighted by Crippen LogP contribution is -2.38. The number of nitro groups is 1. The maximum Gasteiger partial charge on any atom is 0.286 e. The summed E-state index contributed by atoms with van der Waals surface area (Å²) in [6.45, 7) is 1.30. The number of amides is 1. The average Bonchev–Trinajstić information content (AvgIpc) is 2.80. The van der Waals surface area contributed by atoms with Crippen LogP contribution in [-0.4, -0.2) is 41.9 Å². The third-order valence-corrected chi connectivity index (χ3v) is 4.09. The Morgan fingerprint density at radius 2 is 2.33 bits per heavy atom. The Hall–Kier alpha value is -1.54. The minimum absolute atomic E-state index is 0.187. The molecule has 1 aliphatic rings. The number of carbonyl (C=O) groups is 1. The van der Waals surface area contributed by atoms with Crippen molar-refractivity contribution in [3.05, 3.63) is 38.1 Å². The Morgan fingerprint density at radius 3 is 2.90 bits per heavy atom. The highest BCUT2D eigenvalue weighted by atomic mass is 79.9. The minimum Gasteiger partial charge on any atom is -0.350 e. The van der Waals surface area contributed by atoms with Gasteiger partial charge >= 0.3 is 0 Å². The van der Waals surface area contributed by atoms with Gasteiger partial charge in [0.2, 0.25) is 0 Å². The summed E-state index contributed by atoms with van der Waals surface area (Å²) < 4.78 is 14.1. The molecule has 0 spiro atoms. The second-order valence-corrected chi connectivity index (χ2v) is 5.94. The Bertz CT molecular complexity index is 582. The van der Waals surface area contributed by atoms with Gasteiger partial charge in [-0.15, -0.1) is 0 Å². The number of nitrogens with zero attached hydrogens (tertiary/aromatic N) is 2. The number of hydrogen-bond acceptors (Lipinski definition) is 4. The fourth-order valence-electron chi connectivity index (χ4n) is 2.46. The van der Waals surface area contributed by atoms with Crippen LogP contribution in [-0.2, 0) is 0 Å². The van der Waals surface area contributed by atoms with Crippen molar-refractivity contribution in [1.82, 2.24) is 10.2 Å². The molecule has 1 aromatic rings. The van der Waals surface area contributed by atoms with Crippen LogP contribution in [0.1, 0.15) is 23.2 Å². The molecule has 21 heavy (non-hydrogen) atoms. The molecule has 0 aliphatic carbocycles. The van der Waals surface area contributed by atoms with E-state index in [1.165, 1.54) is 0 Å². The van der Waals surface area contributed by atoms with Crippen molar-refractivity contribution in [1.29, 1.82) is 0 Å². The second kappa shape index (κ2) is 6.48. The van der Waals surface area contributed by atoms with E-state index >= 15 is 0 Å². The highest BCUT2D eigenvalue weighted by Crippen LogP contribution is 2.26. The third kappa shape index (κ3) is 3.56. The Balaban J connectivity index is 2.17. The van der Waals surface area contributed by atoms with Crippen LogP contribution < -0.4 is 5.32 Å². The van der Waals surface area contributed by atoms with Crippen molar-refractivity contribution >= 4 is 27.5 Å². The highest BCUT2D eigenvalue weighted by Gasteiger charge is 2.27. The molecule has 0 unspecified atom stereocenters. The van der Waals surface area contributed by atoms with Crippen LogP contribution >= 0.6 is 15.9 Å². The molecule has 1 fully saturated rings. The number of rotatable bonds is 4. The van der Waals surface area contributed by atoms with Gasteiger partial charge < -0.3 is 10.2 Å². The maximum absolute atomic E-state index is 13.9. The molecule has 0 radical (unpaired) electrons. The van der Waals surface area contributed by atoms with E-state index in [9.17, 15) is 19.3 Å². The van der Waals surface area contributed by atoms with Crippen LogP contribution in [0.15, 0.2) is 16.6 Å². The summed E-state index contributed by atoms with van der Waals surface area (Å²) in [6.07, 6.45) is 1.99. The first-order valence-electron chi connectivity index (χ1n) is 6.52. The van der Waals surface area contributed by atoms with Crippen LogP contribution in [0.25, 0.3) is 0 Å². The summed E-state index contributed by atoms with van der Waals surface area (Å²) in [5.41, 5.74) is -1.07. The SMILES string of the molecule is CN1CCC[C@@H]1CNC(=O)c1c(F)cc(Br)cc1[N+](=O)[O-]. The first-order chi connectivity index (χ1) is 9.90. The maximum atomic E-state index is 13.9. The van der Waals surface area contributed by atoms with E-state index < -0.39 is 27.9 Å². The van der Waals surface area contributed by atoms with Crippen molar-refractivity contribution in [3.8, 4) is 0 Å². The van der Waals surface area contributed by atoms with E-state index in [1.54, 1.807) is 0 Å². The first-order valence-corrected chi connectivity index (χ1v) is 7.31. The molecule has 2 rings (SSSR count). The van der Waals surface area contributed by atoms with Crippen LogP contribution in [0, 0.1) is 15.9 Å². The molecule has 1 aromatic carbocycles. The van der Waals surface area contributed by atoms with Gasteiger partial charge in [0.15, 0.2) is 5.56 Å². The molecule has 1 N–H and O–H groups in total. The zero-order valence-corrected chi connectivity index (χ0v) is 13.0. The van der Waals surface area contributed by atoms with Crippen molar-refractivity contribution in [2.24, 2.45) is 0 Å². The number of hydrogen-bond donors (Lipinski definition) is 1. The molecule has 1 amide bonds. The number of nitrogens with one attached hydrogen (secondary N) is 1. The molecule has 1 atom stereocenters. The van der Waals surface area contributed by atoms with E-state index in [-0.39, 0.29) is 10.5 Å². The van der Waals surface area contributed by atoms with Gasteiger partial charge in [-0.2, -0.15) is 0 Å². The second-order valence-electron chi connectivity index (χ2n) is 5.03. The van der Waals surface area contributed by atoms with Crippen LogP contribution in [0.2, 0.25) is 0 Å². The van der Waals surface area contributed by atoms with Gasteiger partial charge in [-0.25, -0.2) is 4.39 Å². The summed E-state index contributed by atoms with van der Waals surface area (Å²) in [6, 6.07) is 2.36. The van der Waals surface area contributed by atoms with Gasteiger partial charge in [0.1, 0.15) is 5.82 Å². The monoisotopic (exact) mass is 359 g/mol. The molecule has 1 aliphatic heterocycles. The lowest BCUT2D eigenvalue weighted by atomic mass is 10.1. The lowest BCUT2D eigenvalue weighted by molar-refractivity contribution is -0.385. The minimum atomic E-state index is -0.909. The van der Waals surface area contributed by atoms with E-state index in [1.807, 2.05) is 7.05 Å². The molecule has 6 nitrogen and oxygen atoms in total. The van der Waals surface area contributed by atoms with Crippen LogP contribution in [0.4, 0.5) is 10.1 Å². The Kier molecular flexibility index (Phi) is 4.89. The van der Waals surface area contributed by atoms with Crippen LogP contribution in [0.5, 0.6) is 0 Å². The molecule has 1 heterocycles. The predicted molar refractivity (Wildman–Crippen MR) is 78.7 cm³/mol. The van der Waals surface area contributed by atoms with Gasteiger partial charge in [0, 0.05) is 23.1 Å². The summed E-state index contributed by atoms with van der Waals surface area (Å²) in [7, 11) is 1.95. The molecular formula is C13H15BrFN3O3. The van der Waals surface area contributed by atoms with Gasteiger partial charge in [0.25, 0.3) is 11.6 Å². The van der Waals surface area contributed by atoms with E-state index in [0.717, 1.165) is 31.5 Å². The van der Waals surface area contributed by atoms with E-state index in [2.05, 4.69) is 26.1 Å². The Labute approximate surface area is 129 Å². The van der Waals surface area contributed by atoms with E-state index in [0.29, 0.717) is 6.54 Å². The number of nitro benzene ring substituents is 1. The molecule has 8 heteroatoms. The van der Waals surface area contributed by atoms with Gasteiger partial charge in [-0.3, -0.25) is 14.9 Å². The van der Waals surface area contributed by atoms with Crippen molar-refractivity contribution < 1.29 is 14.1 Å². The summed E-state index contributed by atoms with van der Waals surface area (Å²) in [5.74, 6) is -1.67. The predicted octanol–water partition coefficient (Wildman–Crippen LogP) is 2.32. The van der Waals surface area contributed by atoms with E-state index in [4.69, 9.17) is 0 Å². The van der Waals surface area contributed by atoms with Crippen molar-refractivity contribution in [2.45, 2.75) is 18.9 Å². The molecule has 114 valence electrons. The largest absolute Gasteiger partial charge is 0.350 e. The zero-order valence-electron chi connectivity index (χ0n) is 11.4. The summed E-state index contributed by atoms with van der Waals surface area (Å²) >= 11 is 2.98. The van der Waals surface area contributed by atoms with Gasteiger partial charge in [-0.05, 0) is 32.5 Å². The molecule has 0 aromatic heterocycles. The van der Waals surface area contributed by atoms with Crippen molar-refractivity contribution in [2.75, 3.05) is 20.1 Å². The summed E-state index contributed by atoms with van der Waals surface area (Å²) in [5, 5.41) is 13.6. The quantitative estimate of drug-likeness (QED) is 0.661. The van der Waals surface area contributed by atoms with Crippen molar-refractivity contribution in [3.63, 3.8) is 0 Å². The third-order valence-electron chi connectivity index (χ3n) is 3.63. The number of halogens is 2. The number of likely N-dealkylation sites (tertiary alicyclic amines) is 1. The molecular weight excluding hydrogens is 345 g/mol. The fraction of sp³-hybridized carbons (Fsp3) is 0.462. The lowest BCUT2D eigenvalue weighted by Gasteiger charge is -2.19. The topological polar surface area (TPSA) is 75.5 Å². The van der Waals surface area contributed by atoms with Gasteiger partial charge in [-0.1, -0.05) is 15.9 Å². The average molecular weight is 360 g/mol. The number of benzene rings is 1. The van der Waals surface area contributed by atoms with Crippen LogP contribution in [0.3, 0.4) is 0 Å². The Morgan fingerprint density at radius 1 is 1.62 bits per heavy atom. The van der Waals surface area contributed by atoms with Gasteiger partial charge in [0.05, 0.1) is 4.92 Å². The molecule has 0 saturated carbocycles. The normalized spacial score (nSPS) is 18.7. The summed E-state index contributed by atoms with van der Waals surface area (Å²) in [4.78, 5) is 24.4. The molecule has 1 saturated heterocycles. The molecule has 0 bridgehead atoms. The first kappa shape index (κ1) is 15.8. The number of carbonyl (C=O) groups excluding carboxylic acids is 1. The number of likely N-dealkylation sites (N-methyl/N-ethyl adjacent to an activating group) is 1. The fourth-order valence-corrected chi connectivity index (χ4v) is 2.88. The zero-order chi connectivity index (χ0) is 15.6.